The van der Waals surface area contributed by atoms with Crippen molar-refractivity contribution in [1.29, 1.82) is 0 Å². The average Bonchev–Trinajstić information content (AvgIpc) is 3.39. The summed E-state index contributed by atoms with van der Waals surface area (Å²) in [5, 5.41) is 5.97. The lowest BCUT2D eigenvalue weighted by Gasteiger charge is -2.38. The highest BCUT2D eigenvalue weighted by molar-refractivity contribution is 5.81. The Labute approximate surface area is 260 Å². The lowest BCUT2D eigenvalue weighted by Crippen LogP contribution is -2.52. The summed E-state index contributed by atoms with van der Waals surface area (Å²) in [4.78, 5) is 32.4. The average molecular weight is 650 g/mol. The molecule has 1 fully saturated rings. The van der Waals surface area contributed by atoms with Crippen LogP contribution in [0, 0.1) is 0 Å². The number of allylic oxidation sites excluding steroid dienone is 4. The minimum Gasteiger partial charge on any atom is -0.366 e. The number of H-pyrrole nitrogens is 1. The highest BCUT2D eigenvalue weighted by Crippen LogP contribution is 2.40. The molecule has 1 aliphatic carbocycles. The lowest BCUT2D eigenvalue weighted by atomic mass is 10.1. The fraction of sp³-hybridized carbons (Fsp3) is 0.677. The van der Waals surface area contributed by atoms with Crippen LogP contribution >= 0.6 is 0 Å². The number of aromatic nitrogens is 2. The summed E-state index contributed by atoms with van der Waals surface area (Å²) < 4.78 is 82.5. The van der Waals surface area contributed by atoms with Crippen molar-refractivity contribution >= 4 is 12.1 Å². The Kier molecular flexibility index (Phi) is 15.0. The molecule has 2 atom stereocenters. The standard InChI is InChI=1S/C21H31F3N4O3.C10H14F3N/c1-3-5-6-10-27(9-4-2)20(30)16-13-28(11-12-31-16)15-8-7-14-17(21(22,23)24)19(29)26-25-18(14)15;1-4-6-8(3)14-7-9(5-2)10(11,12)13/h15-16H,3-13H2,1-2H3,(H,26,29);5-7H,4H2,1-3H3/b;8-6+,9-5+,14-7+. The monoisotopic (exact) mass is 649 g/mol. The van der Waals surface area contributed by atoms with Gasteiger partial charge in [-0.15, -0.1) is 0 Å². The number of aliphatic imine (C=N–C) groups is 1. The van der Waals surface area contributed by atoms with Gasteiger partial charge in [0.1, 0.15) is 11.7 Å². The summed E-state index contributed by atoms with van der Waals surface area (Å²) in [5.41, 5.74) is -2.25. The van der Waals surface area contributed by atoms with E-state index in [0.717, 1.165) is 44.4 Å². The van der Waals surface area contributed by atoms with E-state index in [-0.39, 0.29) is 29.6 Å². The number of rotatable bonds is 11. The van der Waals surface area contributed by atoms with E-state index in [9.17, 15) is 35.9 Å². The van der Waals surface area contributed by atoms with Crippen molar-refractivity contribution in [2.24, 2.45) is 4.99 Å². The van der Waals surface area contributed by atoms with Crippen LogP contribution in [0.5, 0.6) is 0 Å². The van der Waals surface area contributed by atoms with E-state index in [1.165, 1.54) is 6.92 Å². The second-order valence-electron chi connectivity index (χ2n) is 11.0. The third-order valence-electron chi connectivity index (χ3n) is 7.58. The van der Waals surface area contributed by atoms with E-state index >= 15 is 0 Å². The SMILES string of the molecule is CCCCCN(CCC)C(=O)C1CN(C2CCc3c2n[nH]c(=O)c3C(F)(F)F)CCO1.C\C=C(/C=N/C(C)=C/CC)C(F)(F)F. The first kappa shape index (κ1) is 38.2. The molecule has 45 heavy (non-hydrogen) atoms. The zero-order valence-corrected chi connectivity index (χ0v) is 26.7. The van der Waals surface area contributed by atoms with Crippen LogP contribution in [0.4, 0.5) is 26.3 Å². The lowest BCUT2D eigenvalue weighted by molar-refractivity contribution is -0.151. The van der Waals surface area contributed by atoms with Crippen molar-refractivity contribution in [2.75, 3.05) is 32.8 Å². The van der Waals surface area contributed by atoms with Gasteiger partial charge in [0.15, 0.2) is 0 Å². The first-order valence-corrected chi connectivity index (χ1v) is 15.5. The molecule has 254 valence electrons. The van der Waals surface area contributed by atoms with E-state index in [2.05, 4.69) is 17.0 Å². The normalized spacial score (nSPS) is 19.8. The maximum Gasteiger partial charge on any atom is 0.422 e. The van der Waals surface area contributed by atoms with Gasteiger partial charge in [0, 0.05) is 38.1 Å². The van der Waals surface area contributed by atoms with Gasteiger partial charge in [-0.2, -0.15) is 31.4 Å². The van der Waals surface area contributed by atoms with Crippen molar-refractivity contribution in [1.82, 2.24) is 20.0 Å². The number of ether oxygens (including phenoxy) is 1. The number of amides is 1. The molecule has 1 aliphatic heterocycles. The molecule has 0 radical (unpaired) electrons. The summed E-state index contributed by atoms with van der Waals surface area (Å²) in [6.07, 6.45) is -0.829. The molecule has 2 heterocycles. The molecule has 0 spiro atoms. The number of carbonyl (C=O) groups is 1. The van der Waals surface area contributed by atoms with Crippen LogP contribution in [0.2, 0.25) is 0 Å². The quantitative estimate of drug-likeness (QED) is 0.162. The van der Waals surface area contributed by atoms with Gasteiger partial charge >= 0.3 is 12.4 Å². The van der Waals surface area contributed by atoms with Crippen LogP contribution < -0.4 is 5.56 Å². The van der Waals surface area contributed by atoms with Crippen molar-refractivity contribution in [3.8, 4) is 0 Å². The molecular weight excluding hydrogens is 604 g/mol. The predicted octanol–water partition coefficient (Wildman–Crippen LogP) is 6.79. The van der Waals surface area contributed by atoms with Crippen molar-refractivity contribution < 1.29 is 35.9 Å². The molecule has 0 saturated carbocycles. The minimum atomic E-state index is -4.72. The Hall–Kier alpha value is -3.00. The van der Waals surface area contributed by atoms with Crippen LogP contribution in [0.25, 0.3) is 0 Å². The highest BCUT2D eigenvalue weighted by Gasteiger charge is 2.43. The fourth-order valence-corrected chi connectivity index (χ4v) is 5.39. The Bertz CT molecular complexity index is 1260. The molecule has 8 nitrogen and oxygen atoms in total. The number of nitrogens with one attached hydrogen (secondary N) is 1. The molecule has 0 bridgehead atoms. The van der Waals surface area contributed by atoms with Gasteiger partial charge in [0.25, 0.3) is 11.5 Å². The largest absolute Gasteiger partial charge is 0.422 e. The van der Waals surface area contributed by atoms with Crippen LogP contribution in [0.15, 0.2) is 33.2 Å². The zero-order chi connectivity index (χ0) is 33.8. The Morgan fingerprint density at radius 1 is 1.13 bits per heavy atom. The number of unbranched alkanes of at least 4 members (excludes halogenated alkanes) is 2. The number of nitrogens with zero attached hydrogens (tertiary/aromatic N) is 4. The number of morpholine rings is 1. The van der Waals surface area contributed by atoms with Crippen molar-refractivity contribution in [2.45, 2.75) is 104 Å². The first-order valence-electron chi connectivity index (χ1n) is 15.5. The van der Waals surface area contributed by atoms with E-state index in [0.29, 0.717) is 44.9 Å². The second-order valence-corrected chi connectivity index (χ2v) is 11.0. The van der Waals surface area contributed by atoms with Crippen molar-refractivity contribution in [3.63, 3.8) is 0 Å². The van der Waals surface area contributed by atoms with Gasteiger partial charge < -0.3 is 9.64 Å². The summed E-state index contributed by atoms with van der Waals surface area (Å²) >= 11 is 0. The Morgan fingerprint density at radius 2 is 1.84 bits per heavy atom. The van der Waals surface area contributed by atoms with E-state index in [1.807, 2.05) is 28.7 Å². The van der Waals surface area contributed by atoms with Crippen LogP contribution in [-0.2, 0) is 22.1 Å². The molecule has 0 aromatic carbocycles. The summed E-state index contributed by atoms with van der Waals surface area (Å²) in [7, 11) is 0. The molecule has 1 aromatic heterocycles. The summed E-state index contributed by atoms with van der Waals surface area (Å²) in [5.74, 6) is -0.0636. The molecular formula is C31H45F6N5O3. The number of alkyl halides is 6. The third-order valence-corrected chi connectivity index (χ3v) is 7.58. The Morgan fingerprint density at radius 3 is 2.42 bits per heavy atom. The molecule has 14 heteroatoms. The first-order chi connectivity index (χ1) is 21.2. The van der Waals surface area contributed by atoms with Gasteiger partial charge in [0.2, 0.25) is 0 Å². The van der Waals surface area contributed by atoms with Crippen molar-refractivity contribution in [3.05, 3.63) is 50.6 Å². The zero-order valence-electron chi connectivity index (χ0n) is 26.7. The van der Waals surface area contributed by atoms with Crippen LogP contribution in [-0.4, -0.2) is 77.2 Å². The third kappa shape index (κ3) is 11.1. The number of carbonyl (C=O) groups excluding carboxylic acids is 1. The molecule has 2 unspecified atom stereocenters. The number of hydrogen-bond donors (Lipinski definition) is 1. The van der Waals surface area contributed by atoms with E-state index < -0.39 is 35.2 Å². The molecule has 3 rings (SSSR count). The highest BCUT2D eigenvalue weighted by atomic mass is 19.4. The number of fused-ring (bicyclic) bond motifs is 1. The maximum atomic E-state index is 13.4. The van der Waals surface area contributed by atoms with Gasteiger partial charge in [-0.3, -0.25) is 19.5 Å². The number of halogens is 6. The fourth-order valence-electron chi connectivity index (χ4n) is 5.39. The van der Waals surface area contributed by atoms with Gasteiger partial charge in [0.05, 0.1) is 23.9 Å². The summed E-state index contributed by atoms with van der Waals surface area (Å²) in [6.45, 7) is 11.5. The second kappa shape index (κ2) is 17.6. The number of hydrogen-bond acceptors (Lipinski definition) is 6. The van der Waals surface area contributed by atoms with E-state index in [1.54, 1.807) is 13.0 Å². The predicted molar refractivity (Wildman–Crippen MR) is 161 cm³/mol. The molecule has 1 N–H and O–H groups in total. The van der Waals surface area contributed by atoms with Crippen LogP contribution in [0.1, 0.15) is 96.0 Å². The van der Waals surface area contributed by atoms with Gasteiger partial charge in [-0.1, -0.05) is 45.8 Å². The minimum absolute atomic E-state index is 0.0252. The maximum absolute atomic E-state index is 13.4. The summed E-state index contributed by atoms with van der Waals surface area (Å²) in [6, 6.07) is -0.369. The Balaban J connectivity index is 0.000000426. The molecule has 1 aromatic rings. The molecule has 1 amide bonds. The topological polar surface area (TPSA) is 90.9 Å². The smallest absolute Gasteiger partial charge is 0.366 e. The molecule has 2 aliphatic rings. The van der Waals surface area contributed by atoms with Gasteiger partial charge in [-0.25, -0.2) is 5.10 Å². The van der Waals surface area contributed by atoms with Gasteiger partial charge in [-0.05, 0) is 51.5 Å². The van der Waals surface area contributed by atoms with E-state index in [4.69, 9.17) is 4.74 Å². The number of aromatic amines is 1. The van der Waals surface area contributed by atoms with Crippen LogP contribution in [0.3, 0.4) is 0 Å². The molecule has 1 saturated heterocycles.